The van der Waals surface area contributed by atoms with E-state index in [2.05, 4.69) is 5.32 Å². The second kappa shape index (κ2) is 10.5. The first-order chi connectivity index (χ1) is 13.7. The largest absolute Gasteiger partial charge is 0.489 e. The predicted octanol–water partition coefficient (Wildman–Crippen LogP) is 4.26. The zero-order chi connectivity index (χ0) is 19.6. The van der Waals surface area contributed by atoms with Gasteiger partial charge in [0.05, 0.1) is 5.56 Å². The maximum atomic E-state index is 12.3. The van der Waals surface area contributed by atoms with Gasteiger partial charge in [0.15, 0.2) is 6.61 Å². The average molecular weight is 381 g/mol. The molecule has 0 spiro atoms. The SMILES string of the molecule is O=C(COC(=O)c1cccc(OCc2ccccc2)c1)NC1CCCCCC1. The highest BCUT2D eigenvalue weighted by atomic mass is 16.5. The van der Waals surface area contributed by atoms with Crippen LogP contribution in [0.15, 0.2) is 54.6 Å². The van der Waals surface area contributed by atoms with Gasteiger partial charge in [0.25, 0.3) is 5.91 Å². The third-order valence-corrected chi connectivity index (χ3v) is 4.87. The lowest BCUT2D eigenvalue weighted by Gasteiger charge is -2.16. The summed E-state index contributed by atoms with van der Waals surface area (Å²) in [7, 11) is 0. The molecule has 1 N–H and O–H groups in total. The number of carbonyl (C=O) groups is 2. The van der Waals surface area contributed by atoms with Gasteiger partial charge in [-0.1, -0.05) is 62.1 Å². The molecule has 0 radical (unpaired) electrons. The van der Waals surface area contributed by atoms with Crippen molar-refractivity contribution < 1.29 is 19.1 Å². The highest BCUT2D eigenvalue weighted by Crippen LogP contribution is 2.18. The van der Waals surface area contributed by atoms with Gasteiger partial charge < -0.3 is 14.8 Å². The van der Waals surface area contributed by atoms with Crippen molar-refractivity contribution in [3.05, 3.63) is 65.7 Å². The van der Waals surface area contributed by atoms with Crippen molar-refractivity contribution in [2.75, 3.05) is 6.61 Å². The van der Waals surface area contributed by atoms with Crippen molar-refractivity contribution in [3.8, 4) is 5.75 Å². The molecule has 2 aromatic rings. The first kappa shape index (κ1) is 19.9. The number of carbonyl (C=O) groups excluding carboxylic acids is 2. The summed E-state index contributed by atoms with van der Waals surface area (Å²) in [6, 6.07) is 16.8. The van der Waals surface area contributed by atoms with Crippen LogP contribution in [0, 0.1) is 0 Å². The summed E-state index contributed by atoms with van der Waals surface area (Å²) in [5.74, 6) is -0.181. The van der Waals surface area contributed by atoms with E-state index < -0.39 is 5.97 Å². The van der Waals surface area contributed by atoms with Gasteiger partial charge in [0.1, 0.15) is 12.4 Å². The summed E-state index contributed by atoms with van der Waals surface area (Å²) in [4.78, 5) is 24.3. The number of rotatable bonds is 7. The van der Waals surface area contributed by atoms with E-state index in [1.165, 1.54) is 12.8 Å². The summed E-state index contributed by atoms with van der Waals surface area (Å²) in [5.41, 5.74) is 1.42. The van der Waals surface area contributed by atoms with Crippen LogP contribution in [0.3, 0.4) is 0 Å². The minimum absolute atomic E-state index is 0.198. The van der Waals surface area contributed by atoms with E-state index in [0.29, 0.717) is 17.9 Å². The lowest BCUT2D eigenvalue weighted by atomic mass is 10.1. The fraction of sp³-hybridized carbons (Fsp3) is 0.391. The molecule has 1 saturated carbocycles. The van der Waals surface area contributed by atoms with Gasteiger partial charge in [0, 0.05) is 6.04 Å². The molecule has 1 amide bonds. The Morgan fingerprint density at radius 3 is 2.43 bits per heavy atom. The summed E-state index contributed by atoms with van der Waals surface area (Å²) < 4.78 is 10.9. The minimum atomic E-state index is -0.527. The molecule has 5 nitrogen and oxygen atoms in total. The normalized spacial score (nSPS) is 14.7. The molecule has 0 unspecified atom stereocenters. The van der Waals surface area contributed by atoms with Gasteiger partial charge in [-0.2, -0.15) is 0 Å². The van der Waals surface area contributed by atoms with Crippen LogP contribution in [0.5, 0.6) is 5.75 Å². The molecule has 28 heavy (non-hydrogen) atoms. The Labute approximate surface area is 166 Å². The van der Waals surface area contributed by atoms with Gasteiger partial charge in [-0.25, -0.2) is 4.79 Å². The van der Waals surface area contributed by atoms with Crippen LogP contribution in [-0.2, 0) is 16.1 Å². The molecule has 1 aliphatic carbocycles. The van der Waals surface area contributed by atoms with Crippen LogP contribution < -0.4 is 10.1 Å². The van der Waals surface area contributed by atoms with Crippen LogP contribution in [0.4, 0.5) is 0 Å². The maximum absolute atomic E-state index is 12.3. The third-order valence-electron chi connectivity index (χ3n) is 4.87. The molecule has 148 valence electrons. The van der Waals surface area contributed by atoms with Gasteiger partial charge >= 0.3 is 5.97 Å². The zero-order valence-corrected chi connectivity index (χ0v) is 16.1. The highest BCUT2D eigenvalue weighted by Gasteiger charge is 2.16. The molecule has 0 saturated heterocycles. The van der Waals surface area contributed by atoms with E-state index in [1.54, 1.807) is 24.3 Å². The summed E-state index contributed by atoms with van der Waals surface area (Å²) in [6.07, 6.45) is 6.73. The average Bonchev–Trinajstić information content (AvgIpc) is 3.00. The predicted molar refractivity (Wildman–Crippen MR) is 107 cm³/mol. The first-order valence-corrected chi connectivity index (χ1v) is 9.94. The van der Waals surface area contributed by atoms with E-state index in [1.807, 2.05) is 30.3 Å². The van der Waals surface area contributed by atoms with E-state index in [0.717, 1.165) is 31.2 Å². The topological polar surface area (TPSA) is 64.6 Å². The smallest absolute Gasteiger partial charge is 0.338 e. The molecular formula is C23H27NO4. The second-order valence-electron chi connectivity index (χ2n) is 7.13. The standard InChI is InChI=1S/C23H27NO4/c25-22(24-20-12-6-1-2-7-13-20)17-28-23(26)19-11-8-14-21(15-19)27-16-18-9-4-3-5-10-18/h3-5,8-11,14-15,20H,1-2,6-7,12-13,16-17H2,(H,24,25). The molecule has 3 rings (SSSR count). The number of benzene rings is 2. The number of esters is 1. The van der Waals surface area contributed by atoms with Gasteiger partial charge in [-0.05, 0) is 36.6 Å². The fourth-order valence-corrected chi connectivity index (χ4v) is 3.36. The zero-order valence-electron chi connectivity index (χ0n) is 16.1. The molecule has 0 aliphatic heterocycles. The third kappa shape index (κ3) is 6.41. The van der Waals surface area contributed by atoms with Gasteiger partial charge in [-0.15, -0.1) is 0 Å². The Hall–Kier alpha value is -2.82. The van der Waals surface area contributed by atoms with Crippen molar-refractivity contribution in [1.29, 1.82) is 0 Å². The Morgan fingerprint density at radius 2 is 1.68 bits per heavy atom. The van der Waals surface area contributed by atoms with Crippen LogP contribution in [0.1, 0.15) is 54.4 Å². The molecule has 0 heterocycles. The molecule has 5 heteroatoms. The fourth-order valence-electron chi connectivity index (χ4n) is 3.36. The quantitative estimate of drug-likeness (QED) is 0.575. The molecule has 1 fully saturated rings. The Bertz CT molecular complexity index is 767. The number of hydrogen-bond acceptors (Lipinski definition) is 4. The molecule has 0 atom stereocenters. The van der Waals surface area contributed by atoms with Crippen molar-refractivity contribution >= 4 is 11.9 Å². The van der Waals surface area contributed by atoms with E-state index in [-0.39, 0.29) is 18.6 Å². The van der Waals surface area contributed by atoms with E-state index in [4.69, 9.17) is 9.47 Å². The maximum Gasteiger partial charge on any atom is 0.338 e. The van der Waals surface area contributed by atoms with Gasteiger partial charge in [-0.3, -0.25) is 4.79 Å². The van der Waals surface area contributed by atoms with Crippen molar-refractivity contribution in [1.82, 2.24) is 5.32 Å². The summed E-state index contributed by atoms with van der Waals surface area (Å²) in [5, 5.41) is 2.97. The van der Waals surface area contributed by atoms with Crippen molar-refractivity contribution in [2.24, 2.45) is 0 Å². The van der Waals surface area contributed by atoms with Crippen LogP contribution in [0.2, 0.25) is 0 Å². The van der Waals surface area contributed by atoms with Crippen LogP contribution in [0.25, 0.3) is 0 Å². The highest BCUT2D eigenvalue weighted by molar-refractivity contribution is 5.91. The van der Waals surface area contributed by atoms with Crippen molar-refractivity contribution in [2.45, 2.75) is 51.2 Å². The van der Waals surface area contributed by atoms with Gasteiger partial charge in [0.2, 0.25) is 0 Å². The molecular weight excluding hydrogens is 354 g/mol. The first-order valence-electron chi connectivity index (χ1n) is 9.94. The summed E-state index contributed by atoms with van der Waals surface area (Å²) >= 11 is 0. The molecule has 1 aliphatic rings. The van der Waals surface area contributed by atoms with Crippen LogP contribution >= 0.6 is 0 Å². The van der Waals surface area contributed by atoms with Crippen molar-refractivity contribution in [3.63, 3.8) is 0 Å². The minimum Gasteiger partial charge on any atom is -0.489 e. The Balaban J connectivity index is 1.46. The second-order valence-corrected chi connectivity index (χ2v) is 7.13. The molecule has 0 bridgehead atoms. The molecule has 0 aromatic heterocycles. The summed E-state index contributed by atoms with van der Waals surface area (Å²) in [6.45, 7) is 0.160. The van der Waals surface area contributed by atoms with E-state index in [9.17, 15) is 9.59 Å². The Morgan fingerprint density at radius 1 is 0.929 bits per heavy atom. The lowest BCUT2D eigenvalue weighted by molar-refractivity contribution is -0.125. The number of hydrogen-bond donors (Lipinski definition) is 1. The monoisotopic (exact) mass is 381 g/mol. The number of amides is 1. The number of nitrogens with one attached hydrogen (secondary N) is 1. The van der Waals surface area contributed by atoms with E-state index >= 15 is 0 Å². The Kier molecular flexibility index (Phi) is 7.47. The molecule has 2 aromatic carbocycles. The lowest BCUT2D eigenvalue weighted by Crippen LogP contribution is -2.37. The van der Waals surface area contributed by atoms with Crippen LogP contribution in [-0.4, -0.2) is 24.5 Å². The number of ether oxygens (including phenoxy) is 2.